The molecule has 1 aromatic rings. The first-order valence-corrected chi connectivity index (χ1v) is 5.00. The molecule has 1 atom stereocenters. The van der Waals surface area contributed by atoms with Crippen LogP contribution < -0.4 is 0 Å². The van der Waals surface area contributed by atoms with Crippen molar-refractivity contribution in [2.75, 3.05) is 13.6 Å². The van der Waals surface area contributed by atoms with Crippen LogP contribution in [0.25, 0.3) is 0 Å². The number of likely N-dealkylation sites (N-methyl/N-ethyl adjacent to an activating group) is 1. The average molecular weight is 197 g/mol. The van der Waals surface area contributed by atoms with E-state index in [1.54, 1.807) is 6.92 Å². The lowest BCUT2D eigenvalue weighted by Gasteiger charge is -2.18. The molecule has 0 amide bonds. The number of aryl methyl sites for hydroxylation is 1. The highest BCUT2D eigenvalue weighted by Crippen LogP contribution is 2.01. The zero-order chi connectivity index (χ0) is 10.6. The zero-order valence-electron chi connectivity index (χ0n) is 9.14. The maximum Gasteiger partial charge on any atom is 0.122 e. The minimum absolute atomic E-state index is 0.287. The van der Waals surface area contributed by atoms with Crippen molar-refractivity contribution in [1.29, 1.82) is 0 Å². The van der Waals surface area contributed by atoms with Gasteiger partial charge in [0.1, 0.15) is 5.82 Å². The Morgan fingerprint density at radius 2 is 2.36 bits per heavy atom. The van der Waals surface area contributed by atoms with Gasteiger partial charge < -0.3 is 9.67 Å². The van der Waals surface area contributed by atoms with Crippen molar-refractivity contribution in [2.45, 2.75) is 33.0 Å². The fraction of sp³-hybridized carbons (Fsp3) is 0.700. The molecule has 0 fully saturated rings. The molecule has 0 saturated carbocycles. The van der Waals surface area contributed by atoms with Crippen LogP contribution in [0.3, 0.4) is 0 Å². The highest BCUT2D eigenvalue weighted by atomic mass is 16.3. The summed E-state index contributed by atoms with van der Waals surface area (Å²) in [7, 11) is 1.99. The lowest BCUT2D eigenvalue weighted by Crippen LogP contribution is -2.28. The first-order chi connectivity index (χ1) is 6.63. The predicted octanol–water partition coefficient (Wildman–Crippen LogP) is 0.716. The second-order valence-corrected chi connectivity index (χ2v) is 3.68. The highest BCUT2D eigenvalue weighted by Gasteiger charge is 2.07. The Morgan fingerprint density at radius 1 is 1.64 bits per heavy atom. The molecule has 80 valence electrons. The minimum atomic E-state index is -0.287. The molecule has 0 aromatic carbocycles. The number of imidazole rings is 1. The minimum Gasteiger partial charge on any atom is -0.392 e. The first kappa shape index (κ1) is 11.2. The first-order valence-electron chi connectivity index (χ1n) is 5.00. The summed E-state index contributed by atoms with van der Waals surface area (Å²) < 4.78 is 2.11. The van der Waals surface area contributed by atoms with Crippen LogP contribution in [0.15, 0.2) is 12.4 Å². The molecule has 0 aliphatic rings. The third-order valence-electron chi connectivity index (χ3n) is 2.13. The van der Waals surface area contributed by atoms with Gasteiger partial charge >= 0.3 is 0 Å². The van der Waals surface area contributed by atoms with E-state index in [9.17, 15) is 5.11 Å². The summed E-state index contributed by atoms with van der Waals surface area (Å²) in [4.78, 5) is 6.34. The Kier molecular flexibility index (Phi) is 4.10. The van der Waals surface area contributed by atoms with Gasteiger partial charge in [0.25, 0.3) is 0 Å². The molecular weight excluding hydrogens is 178 g/mol. The van der Waals surface area contributed by atoms with Gasteiger partial charge in [-0.05, 0) is 20.9 Å². The van der Waals surface area contributed by atoms with Crippen molar-refractivity contribution in [3.05, 3.63) is 18.2 Å². The van der Waals surface area contributed by atoms with Gasteiger partial charge in [0.05, 0.1) is 12.6 Å². The molecule has 1 heterocycles. The number of hydrogen-bond donors (Lipinski definition) is 1. The Morgan fingerprint density at radius 3 is 2.93 bits per heavy atom. The van der Waals surface area contributed by atoms with Gasteiger partial charge in [-0.1, -0.05) is 0 Å². The van der Waals surface area contributed by atoms with Crippen molar-refractivity contribution in [3.8, 4) is 0 Å². The van der Waals surface area contributed by atoms with E-state index in [2.05, 4.69) is 21.4 Å². The predicted molar refractivity (Wildman–Crippen MR) is 55.9 cm³/mol. The van der Waals surface area contributed by atoms with Gasteiger partial charge in [-0.25, -0.2) is 4.98 Å². The summed E-state index contributed by atoms with van der Waals surface area (Å²) in [5.41, 5.74) is 0. The van der Waals surface area contributed by atoms with Crippen molar-refractivity contribution in [3.63, 3.8) is 0 Å². The summed E-state index contributed by atoms with van der Waals surface area (Å²) in [5.74, 6) is 1.05. The third kappa shape index (κ3) is 3.12. The standard InChI is InChI=1S/C10H19N3O/c1-4-13-6-5-11-10(13)8-12(3)7-9(2)14/h5-6,9,14H,4,7-8H2,1-3H3. The van der Waals surface area contributed by atoms with Gasteiger partial charge in [0.2, 0.25) is 0 Å². The van der Waals surface area contributed by atoms with E-state index < -0.39 is 0 Å². The van der Waals surface area contributed by atoms with E-state index in [1.165, 1.54) is 0 Å². The molecule has 0 spiro atoms. The van der Waals surface area contributed by atoms with E-state index in [0.29, 0.717) is 6.54 Å². The molecule has 1 N–H and O–H groups in total. The van der Waals surface area contributed by atoms with E-state index >= 15 is 0 Å². The summed E-state index contributed by atoms with van der Waals surface area (Å²) in [6.07, 6.45) is 3.51. The summed E-state index contributed by atoms with van der Waals surface area (Å²) in [5, 5.41) is 9.21. The van der Waals surface area contributed by atoms with Crippen LogP contribution in [0.1, 0.15) is 19.7 Å². The van der Waals surface area contributed by atoms with Crippen molar-refractivity contribution < 1.29 is 5.11 Å². The number of rotatable bonds is 5. The lowest BCUT2D eigenvalue weighted by molar-refractivity contribution is 0.136. The number of aliphatic hydroxyl groups excluding tert-OH is 1. The van der Waals surface area contributed by atoms with Gasteiger partial charge in [-0.3, -0.25) is 4.90 Å². The molecule has 4 heteroatoms. The summed E-state index contributed by atoms with van der Waals surface area (Å²) in [6.45, 7) is 6.29. The Hall–Kier alpha value is -0.870. The topological polar surface area (TPSA) is 41.3 Å². The monoisotopic (exact) mass is 197 g/mol. The van der Waals surface area contributed by atoms with Crippen LogP contribution in [0.4, 0.5) is 0 Å². The molecule has 1 rings (SSSR count). The van der Waals surface area contributed by atoms with Gasteiger partial charge in [-0.15, -0.1) is 0 Å². The number of aliphatic hydroxyl groups is 1. The molecule has 0 aliphatic carbocycles. The average Bonchev–Trinajstić information content (AvgIpc) is 2.50. The van der Waals surface area contributed by atoms with E-state index in [-0.39, 0.29) is 6.10 Å². The van der Waals surface area contributed by atoms with Crippen LogP contribution in [0, 0.1) is 0 Å². The van der Waals surface area contributed by atoms with Gasteiger partial charge in [-0.2, -0.15) is 0 Å². The number of aromatic nitrogens is 2. The van der Waals surface area contributed by atoms with Crippen molar-refractivity contribution in [2.24, 2.45) is 0 Å². The molecule has 1 aromatic heterocycles. The Labute approximate surface area is 85.2 Å². The Balaban J connectivity index is 2.51. The van der Waals surface area contributed by atoms with Crippen molar-refractivity contribution in [1.82, 2.24) is 14.5 Å². The van der Waals surface area contributed by atoms with Crippen LogP contribution in [0.2, 0.25) is 0 Å². The maximum absolute atomic E-state index is 9.21. The molecule has 1 unspecified atom stereocenters. The Bertz CT molecular complexity index is 270. The summed E-state index contributed by atoms with van der Waals surface area (Å²) >= 11 is 0. The molecular formula is C10H19N3O. The van der Waals surface area contributed by atoms with E-state index in [1.807, 2.05) is 19.4 Å². The third-order valence-corrected chi connectivity index (χ3v) is 2.13. The van der Waals surface area contributed by atoms with E-state index in [4.69, 9.17) is 0 Å². The fourth-order valence-corrected chi connectivity index (χ4v) is 1.54. The number of hydrogen-bond acceptors (Lipinski definition) is 3. The second-order valence-electron chi connectivity index (χ2n) is 3.68. The maximum atomic E-state index is 9.21. The largest absolute Gasteiger partial charge is 0.392 e. The molecule has 4 nitrogen and oxygen atoms in total. The van der Waals surface area contributed by atoms with Crippen molar-refractivity contribution >= 4 is 0 Å². The normalized spacial score (nSPS) is 13.5. The molecule has 0 bridgehead atoms. The lowest BCUT2D eigenvalue weighted by atomic mass is 10.3. The van der Waals surface area contributed by atoms with Crippen LogP contribution >= 0.6 is 0 Å². The molecule has 0 aliphatic heterocycles. The van der Waals surface area contributed by atoms with Crippen LogP contribution in [0.5, 0.6) is 0 Å². The molecule has 0 radical (unpaired) electrons. The zero-order valence-corrected chi connectivity index (χ0v) is 9.14. The van der Waals surface area contributed by atoms with Gasteiger partial charge in [0.15, 0.2) is 0 Å². The SMILES string of the molecule is CCn1ccnc1CN(C)CC(C)O. The van der Waals surface area contributed by atoms with Crippen LogP contribution in [-0.4, -0.2) is 39.3 Å². The van der Waals surface area contributed by atoms with Gasteiger partial charge in [0, 0.05) is 25.5 Å². The molecule has 0 saturated heterocycles. The van der Waals surface area contributed by atoms with Crippen LogP contribution in [-0.2, 0) is 13.1 Å². The second kappa shape index (κ2) is 5.12. The summed E-state index contributed by atoms with van der Waals surface area (Å²) in [6, 6.07) is 0. The smallest absolute Gasteiger partial charge is 0.122 e. The highest BCUT2D eigenvalue weighted by molar-refractivity contribution is 4.91. The quantitative estimate of drug-likeness (QED) is 0.756. The number of nitrogens with zero attached hydrogens (tertiary/aromatic N) is 3. The fourth-order valence-electron chi connectivity index (χ4n) is 1.54. The van der Waals surface area contributed by atoms with E-state index in [0.717, 1.165) is 18.9 Å². The molecule has 14 heavy (non-hydrogen) atoms.